The summed E-state index contributed by atoms with van der Waals surface area (Å²) in [5, 5.41) is 6.13. The number of nitrogen functional groups attached to an aromatic ring is 1. The maximum atomic E-state index is 12.3. The molecule has 0 aliphatic carbocycles. The minimum Gasteiger partial charge on any atom is -0.399 e. The molecule has 0 atom stereocenters. The van der Waals surface area contributed by atoms with Gasteiger partial charge < -0.3 is 11.1 Å². The van der Waals surface area contributed by atoms with Crippen LogP contribution in [0.25, 0.3) is 0 Å². The predicted octanol–water partition coefficient (Wildman–Crippen LogP) is 4.35. The molecule has 4 N–H and O–H groups in total. The number of nitrogens with one attached hydrogen (secondary N) is 2. The second kappa shape index (κ2) is 7.20. The van der Waals surface area contributed by atoms with E-state index in [0.29, 0.717) is 22.0 Å². The van der Waals surface area contributed by atoms with Crippen molar-refractivity contribution in [3.05, 3.63) is 58.6 Å². The summed E-state index contributed by atoms with van der Waals surface area (Å²) < 4.78 is 0. The maximum absolute atomic E-state index is 12.3. The number of anilines is 2. The van der Waals surface area contributed by atoms with E-state index in [2.05, 4.69) is 31.4 Å². The molecule has 0 aliphatic rings. The number of halogens is 1. The van der Waals surface area contributed by atoms with Crippen LogP contribution in [0.4, 0.5) is 11.4 Å². The molecule has 24 heavy (non-hydrogen) atoms. The number of hydrogen-bond donors (Lipinski definition) is 3. The van der Waals surface area contributed by atoms with Crippen LogP contribution in [-0.4, -0.2) is 11.0 Å². The molecule has 0 saturated carbocycles. The second-order valence-electron chi connectivity index (χ2n) is 6.47. The van der Waals surface area contributed by atoms with Gasteiger partial charge in [-0.2, -0.15) is 0 Å². The van der Waals surface area contributed by atoms with Gasteiger partial charge in [0.1, 0.15) is 0 Å². The molecule has 2 rings (SSSR count). The lowest BCUT2D eigenvalue weighted by Crippen LogP contribution is -2.34. The summed E-state index contributed by atoms with van der Waals surface area (Å²) in [5.41, 5.74) is 8.52. The van der Waals surface area contributed by atoms with E-state index >= 15 is 0 Å². The van der Waals surface area contributed by atoms with Crippen LogP contribution in [0.1, 0.15) is 36.7 Å². The van der Waals surface area contributed by atoms with Crippen molar-refractivity contribution in [1.29, 1.82) is 0 Å². The lowest BCUT2D eigenvalue weighted by Gasteiger charge is -2.19. The van der Waals surface area contributed by atoms with Crippen molar-refractivity contribution < 1.29 is 4.79 Å². The Bertz CT molecular complexity index is 767. The van der Waals surface area contributed by atoms with Gasteiger partial charge in [-0.1, -0.05) is 44.5 Å². The molecule has 0 fully saturated rings. The molecular formula is C18H20ClN3OS. The number of rotatable bonds is 2. The highest BCUT2D eigenvalue weighted by Gasteiger charge is 2.15. The first-order valence-corrected chi connectivity index (χ1v) is 8.23. The lowest BCUT2D eigenvalue weighted by molar-refractivity contribution is 0.0977. The predicted molar refractivity (Wildman–Crippen MR) is 105 cm³/mol. The van der Waals surface area contributed by atoms with Gasteiger partial charge in [-0.15, -0.1) is 0 Å². The summed E-state index contributed by atoms with van der Waals surface area (Å²) in [6.45, 7) is 6.37. The number of hydrogen-bond acceptors (Lipinski definition) is 3. The van der Waals surface area contributed by atoms with Gasteiger partial charge in [-0.3, -0.25) is 10.1 Å². The third-order valence-corrected chi connectivity index (χ3v) is 4.00. The van der Waals surface area contributed by atoms with Crippen LogP contribution in [-0.2, 0) is 5.41 Å². The van der Waals surface area contributed by atoms with Gasteiger partial charge >= 0.3 is 0 Å². The highest BCUT2D eigenvalue weighted by Crippen LogP contribution is 2.24. The molecule has 0 spiro atoms. The Balaban J connectivity index is 2.02. The standard InChI is InChI=1S/C18H20ClN3OS/c1-18(2,3)12-6-4-11(5-7-12)16(23)22-17(24)21-15-9-8-13(20)10-14(15)19/h4-10H,20H2,1-3H3,(H2,21,22,23,24). The van der Waals surface area contributed by atoms with Crippen molar-refractivity contribution in [2.45, 2.75) is 26.2 Å². The van der Waals surface area contributed by atoms with Gasteiger partial charge in [-0.05, 0) is 53.5 Å². The second-order valence-corrected chi connectivity index (χ2v) is 7.29. The molecule has 0 aromatic heterocycles. The SMILES string of the molecule is CC(C)(C)c1ccc(C(=O)NC(=S)Nc2ccc(N)cc2Cl)cc1. The molecule has 0 unspecified atom stereocenters. The van der Waals surface area contributed by atoms with E-state index in [4.69, 9.17) is 29.6 Å². The molecule has 4 nitrogen and oxygen atoms in total. The van der Waals surface area contributed by atoms with Gasteiger partial charge in [0.25, 0.3) is 5.91 Å². The van der Waals surface area contributed by atoms with E-state index < -0.39 is 0 Å². The lowest BCUT2D eigenvalue weighted by atomic mass is 9.87. The minimum atomic E-state index is -0.278. The summed E-state index contributed by atoms with van der Waals surface area (Å²) in [5.74, 6) is -0.278. The number of benzene rings is 2. The Labute approximate surface area is 152 Å². The van der Waals surface area contributed by atoms with Gasteiger partial charge in [0.2, 0.25) is 0 Å². The minimum absolute atomic E-state index is 0.0395. The summed E-state index contributed by atoms with van der Waals surface area (Å²) in [4.78, 5) is 12.3. The van der Waals surface area contributed by atoms with Crippen LogP contribution in [0.2, 0.25) is 5.02 Å². The Kier molecular flexibility index (Phi) is 5.47. The highest BCUT2D eigenvalue weighted by molar-refractivity contribution is 7.80. The number of carbonyl (C=O) groups is 1. The first kappa shape index (κ1) is 18.2. The molecule has 0 bridgehead atoms. The molecule has 126 valence electrons. The van der Waals surface area contributed by atoms with Crippen molar-refractivity contribution >= 4 is 46.2 Å². The average molecular weight is 362 g/mol. The van der Waals surface area contributed by atoms with E-state index in [1.54, 1.807) is 30.3 Å². The van der Waals surface area contributed by atoms with Crippen LogP contribution >= 0.6 is 23.8 Å². The van der Waals surface area contributed by atoms with Gasteiger partial charge in [0, 0.05) is 11.3 Å². The number of carbonyl (C=O) groups excluding carboxylic acids is 1. The molecule has 0 heterocycles. The Morgan fingerprint density at radius 3 is 2.29 bits per heavy atom. The van der Waals surface area contributed by atoms with Crippen LogP contribution in [0.5, 0.6) is 0 Å². The van der Waals surface area contributed by atoms with Crippen molar-refractivity contribution in [3.63, 3.8) is 0 Å². The quantitative estimate of drug-likeness (QED) is 0.549. The molecule has 0 saturated heterocycles. The van der Waals surface area contributed by atoms with Crippen LogP contribution in [0.15, 0.2) is 42.5 Å². The highest BCUT2D eigenvalue weighted by atomic mass is 35.5. The third kappa shape index (κ3) is 4.69. The van der Waals surface area contributed by atoms with Gasteiger partial charge in [0.05, 0.1) is 10.7 Å². The fourth-order valence-corrected chi connectivity index (χ4v) is 2.52. The van der Waals surface area contributed by atoms with E-state index in [1.165, 1.54) is 0 Å². The zero-order valence-electron chi connectivity index (χ0n) is 13.8. The maximum Gasteiger partial charge on any atom is 0.257 e. The summed E-state index contributed by atoms with van der Waals surface area (Å²) in [6, 6.07) is 12.5. The Hall–Kier alpha value is -2.11. The van der Waals surface area contributed by atoms with E-state index in [0.717, 1.165) is 5.56 Å². The van der Waals surface area contributed by atoms with Crippen LogP contribution in [0, 0.1) is 0 Å². The average Bonchev–Trinajstić information content (AvgIpc) is 2.49. The molecule has 0 radical (unpaired) electrons. The van der Waals surface area contributed by atoms with Crippen molar-refractivity contribution in [2.75, 3.05) is 11.1 Å². The molecular weight excluding hydrogens is 342 g/mol. The topological polar surface area (TPSA) is 67.2 Å². The van der Waals surface area contributed by atoms with Crippen LogP contribution in [0.3, 0.4) is 0 Å². The zero-order chi connectivity index (χ0) is 17.9. The largest absolute Gasteiger partial charge is 0.399 e. The molecule has 0 aliphatic heterocycles. The summed E-state index contributed by atoms with van der Waals surface area (Å²) in [6.07, 6.45) is 0. The van der Waals surface area contributed by atoms with Gasteiger partial charge in [-0.25, -0.2) is 0 Å². The zero-order valence-corrected chi connectivity index (χ0v) is 15.4. The smallest absolute Gasteiger partial charge is 0.257 e. The van der Waals surface area contributed by atoms with Crippen molar-refractivity contribution in [2.24, 2.45) is 0 Å². The van der Waals surface area contributed by atoms with E-state index in [1.807, 2.05) is 12.1 Å². The number of amides is 1. The molecule has 6 heteroatoms. The van der Waals surface area contributed by atoms with Crippen LogP contribution < -0.4 is 16.4 Å². The fourth-order valence-electron chi connectivity index (χ4n) is 2.08. The molecule has 1 amide bonds. The number of thiocarbonyl (C=S) groups is 1. The Morgan fingerprint density at radius 2 is 1.75 bits per heavy atom. The normalized spacial score (nSPS) is 11.0. The van der Waals surface area contributed by atoms with Crippen molar-refractivity contribution in [1.82, 2.24) is 5.32 Å². The first-order chi connectivity index (χ1) is 11.2. The van der Waals surface area contributed by atoms with Gasteiger partial charge in [0.15, 0.2) is 5.11 Å². The monoisotopic (exact) mass is 361 g/mol. The van der Waals surface area contributed by atoms with E-state index in [-0.39, 0.29) is 16.4 Å². The Morgan fingerprint density at radius 1 is 1.12 bits per heavy atom. The summed E-state index contributed by atoms with van der Waals surface area (Å²) in [7, 11) is 0. The molecule has 2 aromatic carbocycles. The first-order valence-electron chi connectivity index (χ1n) is 7.45. The fraction of sp³-hybridized carbons (Fsp3) is 0.222. The molecule has 2 aromatic rings. The van der Waals surface area contributed by atoms with Crippen molar-refractivity contribution in [3.8, 4) is 0 Å². The van der Waals surface area contributed by atoms with E-state index in [9.17, 15) is 4.79 Å². The number of nitrogens with two attached hydrogens (primary N) is 1. The third-order valence-electron chi connectivity index (χ3n) is 3.48. The summed E-state index contributed by atoms with van der Waals surface area (Å²) >= 11 is 11.2.